The maximum atomic E-state index is 13.1. The van der Waals surface area contributed by atoms with Crippen LogP contribution in [-0.4, -0.2) is 16.5 Å². The lowest BCUT2D eigenvalue weighted by molar-refractivity contribution is -0.130. The van der Waals surface area contributed by atoms with Gasteiger partial charge in [-0.25, -0.2) is 0 Å². The summed E-state index contributed by atoms with van der Waals surface area (Å²) in [5.41, 5.74) is -0.905. The fourth-order valence-electron chi connectivity index (χ4n) is 4.26. The number of fused-ring (bicyclic) bond motifs is 2. The molecule has 0 saturated heterocycles. The number of nitrogens with one attached hydrogen (secondary N) is 1. The second-order valence-electron chi connectivity index (χ2n) is 7.12. The van der Waals surface area contributed by atoms with Crippen LogP contribution in [-0.2, 0) is 9.59 Å². The normalized spacial score (nSPS) is 35.7. The molecule has 3 nitrogen and oxygen atoms in total. The fourth-order valence-corrected chi connectivity index (χ4v) is 5.97. The van der Waals surface area contributed by atoms with Crippen molar-refractivity contribution in [1.29, 1.82) is 0 Å². The van der Waals surface area contributed by atoms with Gasteiger partial charge in [-0.05, 0) is 36.5 Å². The largest absolute Gasteiger partial charge is 0.325 e. The van der Waals surface area contributed by atoms with E-state index in [-0.39, 0.29) is 11.7 Å². The van der Waals surface area contributed by atoms with Crippen LogP contribution in [0.5, 0.6) is 0 Å². The lowest BCUT2D eigenvalue weighted by atomic mass is 9.64. The van der Waals surface area contributed by atoms with E-state index in [2.05, 4.69) is 21.2 Å². The molecule has 5 heteroatoms. The van der Waals surface area contributed by atoms with Crippen molar-refractivity contribution in [3.8, 4) is 0 Å². The van der Waals surface area contributed by atoms with Crippen LogP contribution in [0.15, 0.2) is 24.3 Å². The maximum Gasteiger partial charge on any atom is 0.232 e. The Morgan fingerprint density at radius 2 is 2.00 bits per heavy atom. The fraction of sp³-hybridized carbons (Fsp3) is 0.529. The predicted molar refractivity (Wildman–Crippen MR) is 91.4 cm³/mol. The number of benzene rings is 1. The zero-order chi connectivity index (χ0) is 16.3. The smallest absolute Gasteiger partial charge is 0.232 e. The molecule has 2 aliphatic rings. The molecule has 0 radical (unpaired) electrons. The van der Waals surface area contributed by atoms with Crippen molar-refractivity contribution in [3.05, 3.63) is 29.3 Å². The van der Waals surface area contributed by atoms with E-state index in [0.717, 1.165) is 6.42 Å². The third kappa shape index (κ3) is 1.74. The Labute approximate surface area is 143 Å². The molecule has 22 heavy (non-hydrogen) atoms. The summed E-state index contributed by atoms with van der Waals surface area (Å²) < 4.78 is 0. The van der Waals surface area contributed by atoms with E-state index in [0.29, 0.717) is 17.1 Å². The molecule has 3 rings (SSSR count). The molecular formula is C17H19BrClNO2. The highest BCUT2D eigenvalue weighted by Crippen LogP contribution is 2.72. The molecule has 3 atom stereocenters. The number of anilines is 1. The van der Waals surface area contributed by atoms with Crippen molar-refractivity contribution in [2.45, 2.75) is 38.4 Å². The van der Waals surface area contributed by atoms with Gasteiger partial charge in [0.1, 0.15) is 0 Å². The lowest BCUT2D eigenvalue weighted by Crippen LogP contribution is -2.47. The summed E-state index contributed by atoms with van der Waals surface area (Å²) in [7, 11) is 0. The molecule has 118 valence electrons. The molecule has 1 aromatic carbocycles. The van der Waals surface area contributed by atoms with Crippen molar-refractivity contribution >= 4 is 44.9 Å². The zero-order valence-corrected chi connectivity index (χ0v) is 15.2. The molecule has 1 amide bonds. The van der Waals surface area contributed by atoms with Gasteiger partial charge in [-0.3, -0.25) is 9.59 Å². The number of hydrogen-bond acceptors (Lipinski definition) is 2. The van der Waals surface area contributed by atoms with E-state index in [4.69, 9.17) is 11.6 Å². The van der Waals surface area contributed by atoms with E-state index in [9.17, 15) is 9.59 Å². The standard InChI is InChI=1S/C17H19BrClNO2/c1-15(2)16(3)7-8-17(15,12(18)13(16)21)14(22)20-11-6-4-5-10(19)9-11/h4-6,9,12H,7-8H2,1-3H3,(H,20,22)/t12-,16+,17-/m1/s1. The number of Topliss-reactive ketones (excluding diaryl/α,β-unsaturated/α-hetero) is 1. The molecule has 2 aliphatic carbocycles. The van der Waals surface area contributed by atoms with Crippen LogP contribution in [0.4, 0.5) is 5.69 Å². The Bertz CT molecular complexity index is 674. The molecule has 0 spiro atoms. The molecule has 2 saturated carbocycles. The minimum Gasteiger partial charge on any atom is -0.325 e. The van der Waals surface area contributed by atoms with Gasteiger partial charge < -0.3 is 5.32 Å². The Hall–Kier alpha value is -0.870. The second kappa shape index (κ2) is 4.81. The topological polar surface area (TPSA) is 46.2 Å². The van der Waals surface area contributed by atoms with Gasteiger partial charge in [0.05, 0.1) is 10.2 Å². The number of alkyl halides is 1. The molecule has 0 aromatic heterocycles. The Morgan fingerprint density at radius 3 is 2.55 bits per heavy atom. The summed E-state index contributed by atoms with van der Waals surface area (Å²) in [6.45, 7) is 6.07. The first-order chi connectivity index (χ1) is 10.2. The van der Waals surface area contributed by atoms with Crippen LogP contribution in [0.2, 0.25) is 5.02 Å². The lowest BCUT2D eigenvalue weighted by Gasteiger charge is -2.39. The van der Waals surface area contributed by atoms with E-state index < -0.39 is 21.1 Å². The van der Waals surface area contributed by atoms with Crippen LogP contribution in [0.25, 0.3) is 0 Å². The number of ketones is 1. The van der Waals surface area contributed by atoms with Gasteiger partial charge in [0.15, 0.2) is 5.78 Å². The third-order valence-electron chi connectivity index (χ3n) is 6.21. The summed E-state index contributed by atoms with van der Waals surface area (Å²) in [5, 5.41) is 3.53. The van der Waals surface area contributed by atoms with Gasteiger partial charge in [-0.15, -0.1) is 0 Å². The summed E-state index contributed by atoms with van der Waals surface area (Å²) in [6, 6.07) is 7.09. The van der Waals surface area contributed by atoms with Gasteiger partial charge in [-0.2, -0.15) is 0 Å². The number of rotatable bonds is 2. The summed E-state index contributed by atoms with van der Waals surface area (Å²) in [5.74, 6) is 0.0428. The van der Waals surface area contributed by atoms with Gasteiger partial charge in [0, 0.05) is 16.1 Å². The Balaban J connectivity index is 1.99. The number of carbonyl (C=O) groups excluding carboxylic acids is 2. The molecule has 1 N–H and O–H groups in total. The highest BCUT2D eigenvalue weighted by molar-refractivity contribution is 9.10. The predicted octanol–water partition coefficient (Wildman–Crippen LogP) is 4.44. The average Bonchev–Trinajstić information content (AvgIpc) is 2.71. The van der Waals surface area contributed by atoms with Gasteiger partial charge in [0.25, 0.3) is 0 Å². The highest BCUT2D eigenvalue weighted by atomic mass is 79.9. The van der Waals surface area contributed by atoms with E-state index in [1.165, 1.54) is 0 Å². The SMILES string of the molecule is CC1(C)[C@@]2(C)CC[C@]1(C(=O)Nc1cccc(Cl)c1)[C@H](Br)C2=O. The number of carbonyl (C=O) groups is 2. The minimum atomic E-state index is -0.721. The van der Waals surface area contributed by atoms with Crippen LogP contribution in [0.1, 0.15) is 33.6 Å². The number of hydrogen-bond donors (Lipinski definition) is 1. The van der Waals surface area contributed by atoms with Gasteiger partial charge in [-0.1, -0.05) is 54.4 Å². The van der Waals surface area contributed by atoms with Crippen LogP contribution < -0.4 is 5.32 Å². The zero-order valence-electron chi connectivity index (χ0n) is 12.9. The quantitative estimate of drug-likeness (QED) is 0.766. The monoisotopic (exact) mass is 383 g/mol. The minimum absolute atomic E-state index is 0.101. The van der Waals surface area contributed by atoms with Crippen molar-refractivity contribution in [1.82, 2.24) is 0 Å². The first-order valence-electron chi connectivity index (χ1n) is 7.42. The van der Waals surface area contributed by atoms with Crippen LogP contribution in [0, 0.1) is 16.2 Å². The molecule has 1 aromatic rings. The van der Waals surface area contributed by atoms with Gasteiger partial charge >= 0.3 is 0 Å². The summed E-state index contributed by atoms with van der Waals surface area (Å²) in [6.07, 6.45) is 1.47. The second-order valence-corrected chi connectivity index (χ2v) is 8.47. The summed E-state index contributed by atoms with van der Waals surface area (Å²) >= 11 is 9.50. The maximum absolute atomic E-state index is 13.1. The van der Waals surface area contributed by atoms with E-state index in [1.54, 1.807) is 18.2 Å². The highest BCUT2D eigenvalue weighted by Gasteiger charge is 2.76. The average molecular weight is 385 g/mol. The molecule has 0 aliphatic heterocycles. The third-order valence-corrected chi connectivity index (χ3v) is 7.64. The first kappa shape index (κ1) is 16.0. The Morgan fingerprint density at radius 1 is 1.32 bits per heavy atom. The van der Waals surface area contributed by atoms with Crippen molar-refractivity contribution < 1.29 is 9.59 Å². The molecule has 0 heterocycles. The van der Waals surface area contributed by atoms with Gasteiger partial charge in [0.2, 0.25) is 5.91 Å². The van der Waals surface area contributed by atoms with E-state index >= 15 is 0 Å². The van der Waals surface area contributed by atoms with E-state index in [1.807, 2.05) is 26.8 Å². The number of amides is 1. The van der Waals surface area contributed by atoms with Crippen molar-refractivity contribution in [2.24, 2.45) is 16.2 Å². The summed E-state index contributed by atoms with van der Waals surface area (Å²) in [4.78, 5) is 25.3. The van der Waals surface area contributed by atoms with Crippen LogP contribution in [0.3, 0.4) is 0 Å². The molecule has 0 unspecified atom stereocenters. The molecule has 2 bridgehead atoms. The van der Waals surface area contributed by atoms with Crippen molar-refractivity contribution in [3.63, 3.8) is 0 Å². The Kier molecular flexibility index (Phi) is 3.50. The number of halogens is 2. The van der Waals surface area contributed by atoms with Crippen molar-refractivity contribution in [2.75, 3.05) is 5.32 Å². The molecule has 2 fully saturated rings. The molecular weight excluding hydrogens is 366 g/mol. The van der Waals surface area contributed by atoms with Crippen LogP contribution >= 0.6 is 27.5 Å². The first-order valence-corrected chi connectivity index (χ1v) is 8.71.